The third kappa shape index (κ3) is 2.63. The molecule has 0 amide bonds. The molecule has 5 heteroatoms. The van der Waals surface area contributed by atoms with Crippen LogP contribution in [0.1, 0.15) is 25.7 Å². The zero-order valence-electron chi connectivity index (χ0n) is 10.4. The fourth-order valence-electron chi connectivity index (χ4n) is 2.60. The van der Waals surface area contributed by atoms with Crippen molar-refractivity contribution in [3.8, 4) is 0 Å². The van der Waals surface area contributed by atoms with Gasteiger partial charge < -0.3 is 14.2 Å². The predicted octanol–water partition coefficient (Wildman–Crippen LogP) is 0.708. The first-order chi connectivity index (χ1) is 8.32. The molecule has 2 heterocycles. The molecule has 1 saturated heterocycles. The highest BCUT2D eigenvalue weighted by atomic mass is 16.5. The Kier molecular flexibility index (Phi) is 4.39. The van der Waals surface area contributed by atoms with Gasteiger partial charge in [-0.15, -0.1) is 0 Å². The minimum Gasteiger partial charge on any atom is -0.496 e. The molecule has 0 bridgehead atoms. The monoisotopic (exact) mass is 242 g/mol. The quantitative estimate of drug-likeness (QED) is 0.561. The predicted molar refractivity (Wildman–Crippen MR) is 64.2 cm³/mol. The smallest absolute Gasteiger partial charge is 0.113 e. The van der Waals surface area contributed by atoms with Crippen LogP contribution in [0.4, 0.5) is 0 Å². The molecule has 0 saturated carbocycles. The maximum atomic E-state index is 5.74. The minimum atomic E-state index is -0.309. The van der Waals surface area contributed by atoms with Crippen LogP contribution in [0.15, 0.2) is 11.8 Å². The standard InChI is InChI=1S/C12H22N2O3/c1-15-12(5-8-16-9-6-12)11(14-13)10-4-2-3-7-17-10/h4,11,14H,2-3,5-9,13H2,1H3. The summed E-state index contributed by atoms with van der Waals surface area (Å²) < 4.78 is 16.9. The van der Waals surface area contributed by atoms with E-state index in [2.05, 4.69) is 11.5 Å². The van der Waals surface area contributed by atoms with Gasteiger partial charge in [0.15, 0.2) is 0 Å². The van der Waals surface area contributed by atoms with Crippen LogP contribution in [0.25, 0.3) is 0 Å². The lowest BCUT2D eigenvalue weighted by molar-refractivity contribution is -0.112. The lowest BCUT2D eigenvalue weighted by atomic mass is 9.84. The Morgan fingerprint density at radius 1 is 1.41 bits per heavy atom. The van der Waals surface area contributed by atoms with Crippen molar-refractivity contribution in [1.29, 1.82) is 0 Å². The zero-order chi connectivity index (χ0) is 12.1. The van der Waals surface area contributed by atoms with Gasteiger partial charge in [0.1, 0.15) is 11.8 Å². The molecule has 1 fully saturated rings. The number of methoxy groups -OCH3 is 1. The highest BCUT2D eigenvalue weighted by Gasteiger charge is 2.43. The maximum Gasteiger partial charge on any atom is 0.113 e. The SMILES string of the molecule is COC1(C(NN)C2=CCCCO2)CCOCC1. The molecule has 98 valence electrons. The molecule has 3 N–H and O–H groups in total. The Labute approximate surface area is 102 Å². The lowest BCUT2D eigenvalue weighted by Crippen LogP contribution is -2.58. The molecule has 0 radical (unpaired) electrons. The van der Waals surface area contributed by atoms with Gasteiger partial charge in [-0.05, 0) is 18.9 Å². The molecule has 5 nitrogen and oxygen atoms in total. The van der Waals surface area contributed by atoms with Gasteiger partial charge in [0.25, 0.3) is 0 Å². The average Bonchev–Trinajstić information content (AvgIpc) is 2.42. The molecule has 17 heavy (non-hydrogen) atoms. The number of rotatable bonds is 4. The molecule has 2 rings (SSSR count). The number of nitrogens with one attached hydrogen (secondary N) is 1. The van der Waals surface area contributed by atoms with Gasteiger partial charge in [0.05, 0.1) is 12.2 Å². The van der Waals surface area contributed by atoms with Crippen molar-refractivity contribution in [1.82, 2.24) is 5.43 Å². The Bertz CT molecular complexity index is 275. The van der Waals surface area contributed by atoms with Crippen molar-refractivity contribution in [3.05, 3.63) is 11.8 Å². The van der Waals surface area contributed by atoms with E-state index >= 15 is 0 Å². The van der Waals surface area contributed by atoms with Crippen LogP contribution in [0.5, 0.6) is 0 Å². The fourth-order valence-corrected chi connectivity index (χ4v) is 2.60. The van der Waals surface area contributed by atoms with E-state index in [1.807, 2.05) is 0 Å². The van der Waals surface area contributed by atoms with Crippen molar-refractivity contribution in [2.45, 2.75) is 37.3 Å². The van der Waals surface area contributed by atoms with Crippen LogP contribution in [-0.4, -0.2) is 38.6 Å². The molecule has 0 aromatic heterocycles. The summed E-state index contributed by atoms with van der Waals surface area (Å²) in [5, 5.41) is 0. The first kappa shape index (κ1) is 12.8. The van der Waals surface area contributed by atoms with Gasteiger partial charge in [-0.3, -0.25) is 5.84 Å². The number of hydrogen-bond acceptors (Lipinski definition) is 5. The van der Waals surface area contributed by atoms with Gasteiger partial charge in [-0.2, -0.15) is 0 Å². The maximum absolute atomic E-state index is 5.74. The summed E-state index contributed by atoms with van der Waals surface area (Å²) in [6, 6.07) is -0.0864. The van der Waals surface area contributed by atoms with Crippen LogP contribution in [0.2, 0.25) is 0 Å². The van der Waals surface area contributed by atoms with Crippen molar-refractivity contribution >= 4 is 0 Å². The van der Waals surface area contributed by atoms with E-state index in [1.54, 1.807) is 7.11 Å². The molecular formula is C12H22N2O3. The van der Waals surface area contributed by atoms with E-state index in [9.17, 15) is 0 Å². The van der Waals surface area contributed by atoms with Crippen molar-refractivity contribution in [2.75, 3.05) is 26.9 Å². The van der Waals surface area contributed by atoms with Gasteiger partial charge >= 0.3 is 0 Å². The normalized spacial score (nSPS) is 25.9. The van der Waals surface area contributed by atoms with E-state index in [1.165, 1.54) is 0 Å². The summed E-state index contributed by atoms with van der Waals surface area (Å²) in [6.45, 7) is 2.18. The molecule has 2 aliphatic rings. The van der Waals surface area contributed by atoms with Gasteiger partial charge in [-0.1, -0.05) is 0 Å². The van der Waals surface area contributed by atoms with Crippen molar-refractivity contribution in [2.24, 2.45) is 5.84 Å². The molecule has 1 unspecified atom stereocenters. The highest BCUT2D eigenvalue weighted by Crippen LogP contribution is 2.33. The number of allylic oxidation sites excluding steroid dienone is 1. The summed E-state index contributed by atoms with van der Waals surface area (Å²) in [5.74, 6) is 6.62. The second-order valence-electron chi connectivity index (χ2n) is 4.58. The van der Waals surface area contributed by atoms with E-state index in [4.69, 9.17) is 20.1 Å². The summed E-state index contributed by atoms with van der Waals surface area (Å²) in [7, 11) is 1.74. The largest absolute Gasteiger partial charge is 0.496 e. The summed E-state index contributed by atoms with van der Waals surface area (Å²) >= 11 is 0. The van der Waals surface area contributed by atoms with Crippen molar-refractivity contribution < 1.29 is 14.2 Å². The first-order valence-electron chi connectivity index (χ1n) is 6.24. The molecular weight excluding hydrogens is 220 g/mol. The second-order valence-corrected chi connectivity index (χ2v) is 4.58. The lowest BCUT2D eigenvalue weighted by Gasteiger charge is -2.42. The number of nitrogens with two attached hydrogens (primary N) is 1. The van der Waals surface area contributed by atoms with Crippen LogP contribution < -0.4 is 11.3 Å². The molecule has 0 spiro atoms. The third-order valence-electron chi connectivity index (χ3n) is 3.69. The van der Waals surface area contributed by atoms with Crippen molar-refractivity contribution in [3.63, 3.8) is 0 Å². The summed E-state index contributed by atoms with van der Waals surface area (Å²) in [4.78, 5) is 0. The van der Waals surface area contributed by atoms with Gasteiger partial charge in [0, 0.05) is 33.2 Å². The molecule has 2 aliphatic heterocycles. The average molecular weight is 242 g/mol. The van der Waals surface area contributed by atoms with E-state index < -0.39 is 0 Å². The molecule has 0 aliphatic carbocycles. The molecule has 0 aromatic carbocycles. The van der Waals surface area contributed by atoms with Gasteiger partial charge in [-0.25, -0.2) is 5.43 Å². The van der Waals surface area contributed by atoms with Crippen LogP contribution in [0, 0.1) is 0 Å². The number of hydrogen-bond donors (Lipinski definition) is 2. The Balaban J connectivity index is 2.16. The number of hydrazine groups is 1. The van der Waals surface area contributed by atoms with Crippen LogP contribution in [0.3, 0.4) is 0 Å². The molecule has 0 aromatic rings. The topological polar surface area (TPSA) is 65.7 Å². The zero-order valence-corrected chi connectivity index (χ0v) is 10.4. The highest BCUT2D eigenvalue weighted by molar-refractivity contribution is 5.14. The Hall–Kier alpha value is -0.620. The fraction of sp³-hybridized carbons (Fsp3) is 0.833. The number of ether oxygens (including phenoxy) is 3. The summed E-state index contributed by atoms with van der Waals surface area (Å²) in [6.07, 6.45) is 5.90. The van der Waals surface area contributed by atoms with Crippen LogP contribution in [-0.2, 0) is 14.2 Å². The van der Waals surface area contributed by atoms with E-state index in [0.29, 0.717) is 13.2 Å². The third-order valence-corrected chi connectivity index (χ3v) is 3.69. The first-order valence-corrected chi connectivity index (χ1v) is 6.24. The minimum absolute atomic E-state index is 0.0864. The molecule has 1 atom stereocenters. The second kappa shape index (κ2) is 5.82. The summed E-state index contributed by atoms with van der Waals surface area (Å²) in [5.41, 5.74) is 2.55. The van der Waals surface area contributed by atoms with E-state index in [0.717, 1.165) is 38.0 Å². The van der Waals surface area contributed by atoms with E-state index in [-0.39, 0.29) is 11.6 Å². The van der Waals surface area contributed by atoms with Gasteiger partial charge in [0.2, 0.25) is 0 Å². The Morgan fingerprint density at radius 3 is 2.71 bits per heavy atom. The van der Waals surface area contributed by atoms with Crippen LogP contribution >= 0.6 is 0 Å². The Morgan fingerprint density at radius 2 is 2.18 bits per heavy atom.